The van der Waals surface area contributed by atoms with E-state index >= 15 is 0 Å². The number of nitrogens with one attached hydrogen (secondary N) is 1. The maximum absolute atomic E-state index is 12.6. The van der Waals surface area contributed by atoms with E-state index in [0.717, 1.165) is 30.7 Å². The van der Waals surface area contributed by atoms with Crippen molar-refractivity contribution in [2.24, 2.45) is 5.92 Å². The minimum Gasteiger partial charge on any atom is -0.381 e. The zero-order valence-corrected chi connectivity index (χ0v) is 14.6. The molecule has 0 saturated carbocycles. The zero-order chi connectivity index (χ0) is 16.5. The summed E-state index contributed by atoms with van der Waals surface area (Å²) in [5, 5.41) is 3.93. The highest BCUT2D eigenvalue weighted by atomic mass is 32.1. The molecule has 24 heavy (non-hydrogen) atoms. The highest BCUT2D eigenvalue weighted by Gasteiger charge is 2.42. The first kappa shape index (κ1) is 16.0. The van der Waals surface area contributed by atoms with Crippen molar-refractivity contribution in [2.45, 2.75) is 51.0 Å². The molecule has 0 aromatic carbocycles. The molecule has 3 amide bonds. The van der Waals surface area contributed by atoms with E-state index in [1.807, 2.05) is 0 Å². The number of aryl methyl sites for hydroxylation is 2. The molecule has 1 aromatic heterocycles. The standard InChI is InChI=1S/C17H23N3O3S/c21-16-15(11-6-9-23-10-7-11)19-17(22)20(16)8-5-14-18-12-3-1-2-4-13(12)24-14/h11,15H,1-10H2,(H,19,22). The summed E-state index contributed by atoms with van der Waals surface area (Å²) in [5.74, 6) is 0.126. The number of carbonyl (C=O) groups is 2. The maximum atomic E-state index is 12.6. The molecule has 1 aromatic rings. The van der Waals surface area contributed by atoms with Gasteiger partial charge in [0.15, 0.2) is 0 Å². The predicted molar refractivity (Wildman–Crippen MR) is 90.0 cm³/mol. The van der Waals surface area contributed by atoms with Gasteiger partial charge in [0.2, 0.25) is 0 Å². The Kier molecular flexibility index (Phi) is 4.54. The van der Waals surface area contributed by atoms with Gasteiger partial charge in [-0.2, -0.15) is 0 Å². The number of rotatable bonds is 4. The number of hydrogen-bond acceptors (Lipinski definition) is 5. The van der Waals surface area contributed by atoms with Crippen molar-refractivity contribution in [3.63, 3.8) is 0 Å². The maximum Gasteiger partial charge on any atom is 0.324 e. The van der Waals surface area contributed by atoms with Crippen LogP contribution in [-0.2, 0) is 28.8 Å². The first-order valence-electron chi connectivity index (χ1n) is 8.89. The van der Waals surface area contributed by atoms with Crippen molar-refractivity contribution in [3.05, 3.63) is 15.6 Å². The summed E-state index contributed by atoms with van der Waals surface area (Å²) in [5.41, 5.74) is 1.23. The van der Waals surface area contributed by atoms with Gasteiger partial charge >= 0.3 is 6.03 Å². The fourth-order valence-corrected chi connectivity index (χ4v) is 4.99. The molecule has 0 radical (unpaired) electrons. The third kappa shape index (κ3) is 3.07. The topological polar surface area (TPSA) is 71.5 Å². The van der Waals surface area contributed by atoms with E-state index in [-0.39, 0.29) is 23.9 Å². The van der Waals surface area contributed by atoms with Crippen LogP contribution in [0.2, 0.25) is 0 Å². The number of nitrogens with zero attached hydrogens (tertiary/aromatic N) is 2. The van der Waals surface area contributed by atoms with Gasteiger partial charge in [0.05, 0.1) is 10.7 Å². The highest BCUT2D eigenvalue weighted by molar-refractivity contribution is 7.11. The van der Waals surface area contributed by atoms with Crippen LogP contribution in [0.15, 0.2) is 0 Å². The molecule has 2 saturated heterocycles. The van der Waals surface area contributed by atoms with Crippen LogP contribution < -0.4 is 5.32 Å². The Balaban J connectivity index is 1.38. The highest BCUT2D eigenvalue weighted by Crippen LogP contribution is 2.28. The Hall–Kier alpha value is -1.47. The number of aromatic nitrogens is 1. The molecule has 0 bridgehead atoms. The molecule has 1 aliphatic carbocycles. The number of amides is 3. The largest absolute Gasteiger partial charge is 0.381 e. The van der Waals surface area contributed by atoms with Crippen molar-refractivity contribution in [1.82, 2.24) is 15.2 Å². The molecular formula is C17H23N3O3S. The van der Waals surface area contributed by atoms with Crippen LogP contribution >= 0.6 is 11.3 Å². The van der Waals surface area contributed by atoms with Crippen molar-refractivity contribution >= 4 is 23.3 Å². The molecule has 6 nitrogen and oxygen atoms in total. The van der Waals surface area contributed by atoms with Crippen LogP contribution in [0.3, 0.4) is 0 Å². The monoisotopic (exact) mass is 349 g/mol. The fourth-order valence-electron chi connectivity index (χ4n) is 3.84. The van der Waals surface area contributed by atoms with Gasteiger partial charge < -0.3 is 10.1 Å². The molecule has 1 N–H and O–H groups in total. The van der Waals surface area contributed by atoms with Gasteiger partial charge in [0.1, 0.15) is 6.04 Å². The average molecular weight is 349 g/mol. The summed E-state index contributed by atoms with van der Waals surface area (Å²) in [4.78, 5) is 32.3. The second kappa shape index (κ2) is 6.80. The van der Waals surface area contributed by atoms with Gasteiger partial charge in [0, 0.05) is 31.1 Å². The molecule has 2 aliphatic heterocycles. The number of urea groups is 1. The van der Waals surface area contributed by atoms with Crippen LogP contribution in [-0.4, -0.2) is 47.6 Å². The number of carbonyl (C=O) groups excluding carboxylic acids is 2. The van der Waals surface area contributed by atoms with Crippen LogP contribution in [0, 0.1) is 5.92 Å². The Morgan fingerprint density at radius 3 is 2.79 bits per heavy atom. The van der Waals surface area contributed by atoms with E-state index < -0.39 is 0 Å². The number of fused-ring (bicyclic) bond motifs is 1. The number of hydrogen-bond donors (Lipinski definition) is 1. The Morgan fingerprint density at radius 2 is 2.00 bits per heavy atom. The van der Waals surface area contributed by atoms with Gasteiger partial charge in [-0.25, -0.2) is 9.78 Å². The average Bonchev–Trinajstić information content (AvgIpc) is 3.14. The fraction of sp³-hybridized carbons (Fsp3) is 0.706. The lowest BCUT2D eigenvalue weighted by molar-refractivity contribution is -0.129. The molecule has 130 valence electrons. The smallest absolute Gasteiger partial charge is 0.324 e. The van der Waals surface area contributed by atoms with Crippen molar-refractivity contribution < 1.29 is 14.3 Å². The van der Waals surface area contributed by atoms with E-state index in [0.29, 0.717) is 26.2 Å². The van der Waals surface area contributed by atoms with Crippen LogP contribution in [0.4, 0.5) is 4.79 Å². The van der Waals surface area contributed by atoms with E-state index in [9.17, 15) is 9.59 Å². The minimum absolute atomic E-state index is 0.0757. The predicted octanol–water partition coefficient (Wildman–Crippen LogP) is 1.91. The zero-order valence-electron chi connectivity index (χ0n) is 13.8. The first-order chi connectivity index (χ1) is 11.7. The molecular weight excluding hydrogens is 326 g/mol. The van der Waals surface area contributed by atoms with E-state index in [1.165, 1.54) is 28.3 Å². The number of imide groups is 1. The third-order valence-corrected chi connectivity index (χ3v) is 6.45. The Morgan fingerprint density at radius 1 is 1.21 bits per heavy atom. The summed E-state index contributed by atoms with van der Waals surface area (Å²) in [7, 11) is 0. The number of ether oxygens (including phenoxy) is 1. The van der Waals surface area contributed by atoms with Crippen molar-refractivity contribution in [1.29, 1.82) is 0 Å². The molecule has 3 heterocycles. The Labute approximate surface area is 145 Å². The lowest BCUT2D eigenvalue weighted by Gasteiger charge is -2.25. The Bertz CT molecular complexity index is 616. The van der Waals surface area contributed by atoms with Gasteiger partial charge in [-0.05, 0) is 44.4 Å². The van der Waals surface area contributed by atoms with Crippen molar-refractivity contribution in [3.8, 4) is 0 Å². The van der Waals surface area contributed by atoms with E-state index in [1.54, 1.807) is 11.3 Å². The second-order valence-electron chi connectivity index (χ2n) is 6.80. The van der Waals surface area contributed by atoms with Gasteiger partial charge in [-0.3, -0.25) is 9.69 Å². The van der Waals surface area contributed by atoms with Gasteiger partial charge in [0.25, 0.3) is 5.91 Å². The van der Waals surface area contributed by atoms with Gasteiger partial charge in [-0.1, -0.05) is 0 Å². The minimum atomic E-state index is -0.370. The van der Waals surface area contributed by atoms with Gasteiger partial charge in [-0.15, -0.1) is 11.3 Å². The summed E-state index contributed by atoms with van der Waals surface area (Å²) >= 11 is 1.75. The molecule has 1 unspecified atom stereocenters. The van der Waals surface area contributed by atoms with Crippen LogP contribution in [0.25, 0.3) is 0 Å². The summed E-state index contributed by atoms with van der Waals surface area (Å²) in [6, 6.07) is -0.622. The first-order valence-corrected chi connectivity index (χ1v) is 9.71. The van der Waals surface area contributed by atoms with Crippen LogP contribution in [0.5, 0.6) is 0 Å². The lowest BCUT2D eigenvalue weighted by Crippen LogP contribution is -2.40. The molecule has 2 fully saturated rings. The number of thiazole rings is 1. The van der Waals surface area contributed by atoms with E-state index in [2.05, 4.69) is 5.32 Å². The SMILES string of the molecule is O=C1NC(C2CCOCC2)C(=O)N1CCc1nc2c(s1)CCCC2. The second-order valence-corrected chi connectivity index (χ2v) is 7.97. The normalized spacial score (nSPS) is 25.0. The molecule has 0 spiro atoms. The van der Waals surface area contributed by atoms with Crippen molar-refractivity contribution in [2.75, 3.05) is 19.8 Å². The summed E-state index contributed by atoms with van der Waals surface area (Å²) in [6.07, 6.45) is 7.00. The molecule has 3 aliphatic rings. The van der Waals surface area contributed by atoms with E-state index in [4.69, 9.17) is 9.72 Å². The van der Waals surface area contributed by atoms with Crippen LogP contribution in [0.1, 0.15) is 41.3 Å². The molecule has 1 atom stereocenters. The lowest BCUT2D eigenvalue weighted by atomic mass is 9.92. The summed E-state index contributed by atoms with van der Waals surface area (Å²) < 4.78 is 5.35. The molecule has 4 rings (SSSR count). The summed E-state index contributed by atoms with van der Waals surface area (Å²) in [6.45, 7) is 1.78. The molecule has 7 heteroatoms. The third-order valence-electron chi connectivity index (χ3n) is 5.23. The quantitative estimate of drug-likeness (QED) is 0.843.